The van der Waals surface area contributed by atoms with Crippen molar-refractivity contribution in [3.63, 3.8) is 0 Å². The molecular formula is C15H13N5O3. The number of nitrogens with zero attached hydrogens (tertiary/aromatic N) is 3. The number of hydrogen-bond donors (Lipinski definition) is 2. The van der Waals surface area contributed by atoms with Crippen LogP contribution in [0.4, 0.5) is 5.82 Å². The summed E-state index contributed by atoms with van der Waals surface area (Å²) < 4.78 is 5.35. The predicted molar refractivity (Wildman–Crippen MR) is 83.2 cm³/mol. The zero-order valence-electron chi connectivity index (χ0n) is 12.5. The minimum absolute atomic E-state index is 0.0842. The summed E-state index contributed by atoms with van der Waals surface area (Å²) in [4.78, 5) is 38.6. The van der Waals surface area contributed by atoms with Gasteiger partial charge in [-0.25, -0.2) is 19.7 Å². The number of fused-ring (bicyclic) bond motifs is 1. The molecule has 3 aromatic heterocycles. The van der Waals surface area contributed by atoms with Crippen LogP contribution in [0.15, 0.2) is 29.6 Å². The quantitative estimate of drug-likeness (QED) is 0.680. The van der Waals surface area contributed by atoms with Gasteiger partial charge in [0.25, 0.3) is 5.56 Å². The van der Waals surface area contributed by atoms with E-state index in [1.807, 2.05) is 0 Å². The lowest BCUT2D eigenvalue weighted by molar-refractivity contribution is 0.0733. The maximum absolute atomic E-state index is 12.4. The maximum Gasteiger partial charge on any atom is 0.347 e. The van der Waals surface area contributed by atoms with Crippen molar-refractivity contribution < 1.29 is 9.53 Å². The fraction of sp³-hybridized carbons (Fsp3) is 0.133. The van der Waals surface area contributed by atoms with E-state index in [4.69, 9.17) is 10.5 Å². The van der Waals surface area contributed by atoms with E-state index >= 15 is 0 Å². The van der Waals surface area contributed by atoms with E-state index < -0.39 is 5.97 Å². The number of aryl methyl sites for hydroxylation is 2. The van der Waals surface area contributed by atoms with Gasteiger partial charge in [0.15, 0.2) is 11.4 Å². The van der Waals surface area contributed by atoms with Crippen molar-refractivity contribution in [3.8, 4) is 5.75 Å². The first-order valence-corrected chi connectivity index (χ1v) is 6.75. The maximum atomic E-state index is 12.4. The summed E-state index contributed by atoms with van der Waals surface area (Å²) in [6.07, 6.45) is 4.13. The summed E-state index contributed by atoms with van der Waals surface area (Å²) in [7, 11) is 0. The van der Waals surface area contributed by atoms with Gasteiger partial charge in [-0.15, -0.1) is 0 Å². The third kappa shape index (κ3) is 2.50. The zero-order valence-corrected chi connectivity index (χ0v) is 12.5. The molecule has 3 N–H and O–H groups in total. The van der Waals surface area contributed by atoms with E-state index in [0.29, 0.717) is 11.1 Å². The van der Waals surface area contributed by atoms with Crippen molar-refractivity contribution in [2.75, 3.05) is 5.73 Å². The number of ether oxygens (including phenoxy) is 1. The summed E-state index contributed by atoms with van der Waals surface area (Å²) in [6, 6.07) is 1.66. The van der Waals surface area contributed by atoms with Gasteiger partial charge in [0, 0.05) is 11.8 Å². The van der Waals surface area contributed by atoms with Gasteiger partial charge in [0.1, 0.15) is 11.4 Å². The third-order valence-electron chi connectivity index (χ3n) is 3.48. The Morgan fingerprint density at radius 2 is 2.04 bits per heavy atom. The first-order valence-electron chi connectivity index (χ1n) is 6.75. The van der Waals surface area contributed by atoms with Gasteiger partial charge < -0.3 is 15.5 Å². The van der Waals surface area contributed by atoms with Gasteiger partial charge in [-0.3, -0.25) is 4.79 Å². The summed E-state index contributed by atoms with van der Waals surface area (Å²) in [6.45, 7) is 3.39. The van der Waals surface area contributed by atoms with Crippen LogP contribution < -0.4 is 16.0 Å². The molecule has 116 valence electrons. The summed E-state index contributed by atoms with van der Waals surface area (Å²) in [5.74, 6) is -0.401. The van der Waals surface area contributed by atoms with Gasteiger partial charge in [-0.2, -0.15) is 0 Å². The van der Waals surface area contributed by atoms with Crippen molar-refractivity contribution in [3.05, 3.63) is 51.8 Å². The Morgan fingerprint density at radius 1 is 1.26 bits per heavy atom. The molecule has 8 nitrogen and oxygen atoms in total. The highest BCUT2D eigenvalue weighted by Gasteiger charge is 2.19. The largest absolute Gasteiger partial charge is 0.421 e. The highest BCUT2D eigenvalue weighted by atomic mass is 16.5. The van der Waals surface area contributed by atoms with Crippen molar-refractivity contribution in [2.45, 2.75) is 13.8 Å². The number of aromatic amines is 1. The van der Waals surface area contributed by atoms with Crippen LogP contribution in [-0.2, 0) is 0 Å². The Morgan fingerprint density at radius 3 is 2.78 bits per heavy atom. The van der Waals surface area contributed by atoms with Gasteiger partial charge in [0.2, 0.25) is 0 Å². The Bertz CT molecular complexity index is 960. The SMILES string of the molecule is Cc1ccnc(N)c1C(=O)Oc1cnc2nc[nH]c(=O)c2c1C. The summed E-state index contributed by atoms with van der Waals surface area (Å²) >= 11 is 0. The Hall–Kier alpha value is -3.29. The molecule has 0 spiro atoms. The first kappa shape index (κ1) is 14.6. The number of rotatable bonds is 2. The molecule has 0 saturated heterocycles. The first-order chi connectivity index (χ1) is 11.0. The van der Waals surface area contributed by atoms with E-state index in [9.17, 15) is 9.59 Å². The van der Waals surface area contributed by atoms with E-state index in [1.54, 1.807) is 19.9 Å². The topological polar surface area (TPSA) is 124 Å². The molecule has 3 aromatic rings. The number of anilines is 1. The monoisotopic (exact) mass is 311 g/mol. The molecule has 23 heavy (non-hydrogen) atoms. The van der Waals surface area contributed by atoms with Crippen LogP contribution in [-0.4, -0.2) is 25.9 Å². The number of esters is 1. The summed E-state index contributed by atoms with van der Waals surface area (Å²) in [5.41, 5.74) is 6.97. The normalized spacial score (nSPS) is 10.7. The van der Waals surface area contributed by atoms with Crippen molar-refractivity contribution in [1.82, 2.24) is 19.9 Å². The number of H-pyrrole nitrogens is 1. The second kappa shape index (κ2) is 5.48. The minimum Gasteiger partial charge on any atom is -0.421 e. The molecule has 0 saturated carbocycles. The fourth-order valence-electron chi connectivity index (χ4n) is 2.26. The van der Waals surface area contributed by atoms with Gasteiger partial charge in [-0.1, -0.05) is 0 Å². The zero-order chi connectivity index (χ0) is 16.6. The van der Waals surface area contributed by atoms with Crippen LogP contribution in [0, 0.1) is 13.8 Å². The molecule has 3 rings (SSSR count). The number of nitrogens with two attached hydrogens (primary N) is 1. The highest BCUT2D eigenvalue weighted by molar-refractivity contribution is 5.97. The molecule has 3 heterocycles. The number of nitrogen functional groups attached to an aromatic ring is 1. The lowest BCUT2D eigenvalue weighted by atomic mass is 10.1. The molecule has 0 atom stereocenters. The molecular weight excluding hydrogens is 298 g/mol. The molecule has 0 fully saturated rings. The lowest BCUT2D eigenvalue weighted by Crippen LogP contribution is -2.16. The second-order valence-electron chi connectivity index (χ2n) is 4.96. The number of carbonyl (C=O) groups is 1. The molecule has 0 unspecified atom stereocenters. The molecule has 0 aliphatic rings. The molecule has 0 amide bonds. The van der Waals surface area contributed by atoms with Gasteiger partial charge >= 0.3 is 5.97 Å². The molecule has 8 heteroatoms. The van der Waals surface area contributed by atoms with Crippen LogP contribution in [0.2, 0.25) is 0 Å². The Labute approximate surface area is 130 Å². The second-order valence-corrected chi connectivity index (χ2v) is 4.96. The van der Waals surface area contributed by atoms with Crippen LogP contribution in [0.5, 0.6) is 5.75 Å². The number of aromatic nitrogens is 4. The van der Waals surface area contributed by atoms with E-state index in [1.165, 1.54) is 18.7 Å². The van der Waals surface area contributed by atoms with Crippen molar-refractivity contribution in [2.24, 2.45) is 0 Å². The minimum atomic E-state index is -0.655. The lowest BCUT2D eigenvalue weighted by Gasteiger charge is -2.10. The van der Waals surface area contributed by atoms with Crippen molar-refractivity contribution in [1.29, 1.82) is 0 Å². The third-order valence-corrected chi connectivity index (χ3v) is 3.48. The standard InChI is InChI=1S/C15H13N5O3/c1-7-3-4-17-12(16)10(7)15(22)23-9-5-18-13-11(8(9)2)14(21)20-6-19-13/h3-6H,1-2H3,(H2,16,17)(H,18,19,20,21). The summed E-state index contributed by atoms with van der Waals surface area (Å²) in [5, 5.41) is 0.272. The Balaban J connectivity index is 2.05. The van der Waals surface area contributed by atoms with E-state index in [2.05, 4.69) is 19.9 Å². The average molecular weight is 311 g/mol. The smallest absolute Gasteiger partial charge is 0.347 e. The van der Waals surface area contributed by atoms with Crippen LogP contribution in [0.25, 0.3) is 11.0 Å². The van der Waals surface area contributed by atoms with E-state index in [0.717, 1.165) is 0 Å². The molecule has 0 bridgehead atoms. The van der Waals surface area contributed by atoms with Gasteiger partial charge in [-0.05, 0) is 25.5 Å². The molecule has 0 aromatic carbocycles. The van der Waals surface area contributed by atoms with Crippen LogP contribution in [0.1, 0.15) is 21.5 Å². The van der Waals surface area contributed by atoms with Crippen molar-refractivity contribution >= 4 is 22.8 Å². The van der Waals surface area contributed by atoms with E-state index in [-0.39, 0.29) is 33.7 Å². The van der Waals surface area contributed by atoms with Crippen LogP contribution >= 0.6 is 0 Å². The number of carbonyl (C=O) groups excluding carboxylic acids is 1. The number of hydrogen-bond acceptors (Lipinski definition) is 7. The fourth-order valence-corrected chi connectivity index (χ4v) is 2.26. The number of nitrogens with one attached hydrogen (secondary N) is 1. The Kier molecular flexibility index (Phi) is 3.49. The molecule has 0 aliphatic carbocycles. The highest BCUT2D eigenvalue weighted by Crippen LogP contribution is 2.24. The molecule has 0 aliphatic heterocycles. The average Bonchev–Trinajstić information content (AvgIpc) is 2.50. The number of pyridine rings is 2. The van der Waals surface area contributed by atoms with Crippen LogP contribution in [0.3, 0.4) is 0 Å². The van der Waals surface area contributed by atoms with Gasteiger partial charge in [0.05, 0.1) is 17.9 Å². The predicted octanol–water partition coefficient (Wildman–Crippen LogP) is 1.13. The molecule has 0 radical (unpaired) electrons.